The summed E-state index contributed by atoms with van der Waals surface area (Å²) < 4.78 is 2.21. The van der Waals surface area contributed by atoms with Crippen molar-refractivity contribution in [2.75, 3.05) is 0 Å². The molecular weight excluding hydrogens is 527 g/mol. The van der Waals surface area contributed by atoms with E-state index < -0.39 is 15.6 Å². The van der Waals surface area contributed by atoms with Crippen LogP contribution in [0.25, 0.3) is 0 Å². The van der Waals surface area contributed by atoms with E-state index >= 15 is 0 Å². The molecule has 0 N–H and O–H groups in total. The van der Waals surface area contributed by atoms with Crippen molar-refractivity contribution in [3.63, 3.8) is 0 Å². The van der Waals surface area contributed by atoms with Gasteiger partial charge >= 0.3 is 193 Å². The van der Waals surface area contributed by atoms with Gasteiger partial charge in [-0.2, -0.15) is 0 Å². The second-order valence-corrected chi connectivity index (χ2v) is 28.3. The molecule has 4 aromatic rings. The Hall–Kier alpha value is -2.28. The van der Waals surface area contributed by atoms with Gasteiger partial charge in [0.2, 0.25) is 0 Å². The van der Waals surface area contributed by atoms with Gasteiger partial charge in [-0.15, -0.1) is 0 Å². The maximum absolute atomic E-state index is 13.4. The fraction of sp³-hybridized carbons (Fsp3) is 0. The van der Waals surface area contributed by atoms with E-state index in [-0.39, 0.29) is 10.2 Å². The molecule has 152 valence electrons. The van der Waals surface area contributed by atoms with Gasteiger partial charge in [0, 0.05) is 0 Å². The summed E-state index contributed by atoms with van der Waals surface area (Å²) in [4.78, 5) is 26.8. The predicted octanol–water partition coefficient (Wildman–Crippen LogP) is 5.39. The van der Waals surface area contributed by atoms with Gasteiger partial charge in [0.25, 0.3) is 0 Å². The van der Waals surface area contributed by atoms with Crippen LogP contribution in [-0.2, 0) is 0 Å². The van der Waals surface area contributed by atoms with Crippen molar-refractivity contribution in [3.8, 4) is 0 Å². The number of rotatable bonds is 6. The Kier molecular flexibility index (Phi) is 7.32. The van der Waals surface area contributed by atoms with E-state index in [1.807, 2.05) is 97.1 Å². The third kappa shape index (κ3) is 5.14. The molecule has 31 heavy (non-hydrogen) atoms. The van der Waals surface area contributed by atoms with E-state index in [2.05, 4.69) is 24.3 Å². The maximum atomic E-state index is 13.4. The van der Waals surface area contributed by atoms with Crippen LogP contribution in [0.1, 0.15) is 20.7 Å². The molecular formula is C26H20O2S2Sn. The van der Waals surface area contributed by atoms with E-state index in [9.17, 15) is 9.59 Å². The Morgan fingerprint density at radius 3 is 1.06 bits per heavy atom. The topological polar surface area (TPSA) is 34.1 Å². The number of hydrogen-bond donors (Lipinski definition) is 0. The molecule has 0 spiro atoms. The van der Waals surface area contributed by atoms with Crippen LogP contribution in [-0.4, -0.2) is 25.8 Å². The van der Waals surface area contributed by atoms with Crippen molar-refractivity contribution in [3.05, 3.63) is 132 Å². The number of benzene rings is 4. The Morgan fingerprint density at radius 2 is 0.742 bits per heavy atom. The van der Waals surface area contributed by atoms with Gasteiger partial charge in [-0.3, -0.25) is 0 Å². The zero-order chi connectivity index (χ0) is 21.5. The van der Waals surface area contributed by atoms with Crippen LogP contribution in [0.3, 0.4) is 0 Å². The Morgan fingerprint density at radius 1 is 0.452 bits per heavy atom. The predicted molar refractivity (Wildman–Crippen MR) is 135 cm³/mol. The van der Waals surface area contributed by atoms with Crippen molar-refractivity contribution in [1.82, 2.24) is 0 Å². The first-order valence-corrected chi connectivity index (χ1v) is 21.3. The van der Waals surface area contributed by atoms with Gasteiger partial charge in [-0.05, 0) is 0 Å². The molecule has 0 fully saturated rings. The SMILES string of the molecule is O=C([S][Sn]([S]C(=O)c1ccccc1)([c]1ccccc1)[c]1ccccc1)c1ccccc1. The average Bonchev–Trinajstić information content (AvgIpc) is 2.85. The molecule has 0 radical (unpaired) electrons. The molecule has 0 amide bonds. The Bertz CT molecular complexity index is 1060. The van der Waals surface area contributed by atoms with Crippen LogP contribution in [0, 0.1) is 0 Å². The van der Waals surface area contributed by atoms with E-state index in [1.165, 1.54) is 17.9 Å². The Labute approximate surface area is 191 Å². The zero-order valence-electron chi connectivity index (χ0n) is 16.7. The molecule has 0 atom stereocenters. The molecule has 0 heterocycles. The summed E-state index contributed by atoms with van der Waals surface area (Å²) in [6.45, 7) is 0. The van der Waals surface area contributed by atoms with Crippen LogP contribution >= 0.6 is 17.9 Å². The van der Waals surface area contributed by atoms with Gasteiger partial charge in [0.1, 0.15) is 0 Å². The molecule has 0 saturated heterocycles. The zero-order valence-corrected chi connectivity index (χ0v) is 21.2. The molecule has 4 aromatic carbocycles. The summed E-state index contributed by atoms with van der Waals surface area (Å²) in [6.07, 6.45) is 0. The molecule has 4 rings (SSSR count). The molecule has 0 aliphatic rings. The summed E-state index contributed by atoms with van der Waals surface area (Å²) >= 11 is -3.92. The molecule has 5 heteroatoms. The average molecular weight is 547 g/mol. The molecule has 0 aliphatic heterocycles. The van der Waals surface area contributed by atoms with Crippen molar-refractivity contribution >= 4 is 50.9 Å². The summed E-state index contributed by atoms with van der Waals surface area (Å²) in [7, 11) is 2.78. The van der Waals surface area contributed by atoms with Crippen LogP contribution in [0.4, 0.5) is 0 Å². The number of carbonyl (C=O) groups is 2. The first kappa shape index (κ1) is 21.9. The van der Waals surface area contributed by atoms with Crippen molar-refractivity contribution in [1.29, 1.82) is 0 Å². The van der Waals surface area contributed by atoms with Gasteiger partial charge in [0.05, 0.1) is 0 Å². The van der Waals surface area contributed by atoms with Gasteiger partial charge in [-0.25, -0.2) is 0 Å². The minimum absolute atomic E-state index is 0.0115. The van der Waals surface area contributed by atoms with Crippen LogP contribution in [0.2, 0.25) is 0 Å². The van der Waals surface area contributed by atoms with Crippen molar-refractivity contribution < 1.29 is 9.59 Å². The monoisotopic (exact) mass is 548 g/mol. The summed E-state index contributed by atoms with van der Waals surface area (Å²) in [6, 6.07) is 38.8. The standard InChI is InChI=1S/2C7H6OS.2C6H5.Sn/c2*8-7(9)6-4-2-1-3-5-6;2*1-2-4-6-5-3-1;/h2*1-5H,(H,8,9);2*1-5H;/q;;;;+2/p-2. The molecule has 0 saturated carbocycles. The second kappa shape index (κ2) is 10.4. The normalized spacial score (nSPS) is 11.1. The van der Waals surface area contributed by atoms with Crippen LogP contribution in [0.15, 0.2) is 121 Å². The first-order valence-electron chi connectivity index (χ1n) is 9.87. The quantitative estimate of drug-likeness (QED) is 0.304. The van der Waals surface area contributed by atoms with E-state index in [0.717, 1.165) is 7.16 Å². The fourth-order valence-electron chi connectivity index (χ4n) is 3.27. The van der Waals surface area contributed by atoms with Crippen molar-refractivity contribution in [2.24, 2.45) is 0 Å². The van der Waals surface area contributed by atoms with Gasteiger partial charge in [-0.1, -0.05) is 0 Å². The van der Waals surface area contributed by atoms with E-state index in [4.69, 9.17) is 0 Å². The summed E-state index contributed by atoms with van der Waals surface area (Å²) in [5.41, 5.74) is 1.32. The van der Waals surface area contributed by atoms with Crippen LogP contribution < -0.4 is 7.16 Å². The third-order valence-electron chi connectivity index (χ3n) is 4.80. The third-order valence-corrected chi connectivity index (χ3v) is 30.2. The second-order valence-electron chi connectivity index (χ2n) is 6.86. The molecule has 0 unspecified atom stereocenters. The minimum atomic E-state index is -3.92. The van der Waals surface area contributed by atoms with Gasteiger partial charge < -0.3 is 0 Å². The Balaban J connectivity index is 1.84. The fourth-order valence-corrected chi connectivity index (χ4v) is 27.8. The van der Waals surface area contributed by atoms with Crippen LogP contribution in [0.5, 0.6) is 0 Å². The number of carbonyl (C=O) groups excluding carboxylic acids is 2. The van der Waals surface area contributed by atoms with E-state index in [0.29, 0.717) is 11.1 Å². The molecule has 0 aliphatic carbocycles. The molecule has 0 aromatic heterocycles. The van der Waals surface area contributed by atoms with E-state index in [1.54, 1.807) is 0 Å². The molecule has 2 nitrogen and oxygen atoms in total. The molecule has 0 bridgehead atoms. The number of hydrogen-bond acceptors (Lipinski definition) is 4. The summed E-state index contributed by atoms with van der Waals surface area (Å²) in [5.74, 6) is 0. The van der Waals surface area contributed by atoms with Gasteiger partial charge in [0.15, 0.2) is 0 Å². The van der Waals surface area contributed by atoms with Crippen molar-refractivity contribution in [2.45, 2.75) is 0 Å². The first-order chi connectivity index (χ1) is 15.2. The summed E-state index contributed by atoms with van der Waals surface area (Å²) in [5, 5.41) is 0.0231.